The number of benzene rings is 1. The van der Waals surface area contributed by atoms with Crippen molar-refractivity contribution < 1.29 is 9.32 Å². The Morgan fingerprint density at radius 2 is 2.21 bits per heavy atom. The van der Waals surface area contributed by atoms with E-state index < -0.39 is 0 Å². The minimum absolute atomic E-state index is 0. The van der Waals surface area contributed by atoms with Crippen LogP contribution >= 0.6 is 12.4 Å². The molecule has 1 amide bonds. The predicted molar refractivity (Wildman–Crippen MR) is 92.9 cm³/mol. The van der Waals surface area contributed by atoms with Gasteiger partial charge in [-0.25, -0.2) is 0 Å². The molecule has 0 spiro atoms. The third-order valence-electron chi connectivity index (χ3n) is 4.10. The summed E-state index contributed by atoms with van der Waals surface area (Å²) in [7, 11) is 0. The Bertz CT molecular complexity index is 641. The molecule has 1 fully saturated rings. The van der Waals surface area contributed by atoms with Crippen molar-refractivity contribution in [1.82, 2.24) is 20.8 Å². The van der Waals surface area contributed by atoms with E-state index in [1.165, 1.54) is 0 Å². The van der Waals surface area contributed by atoms with Gasteiger partial charge < -0.3 is 15.2 Å². The average Bonchev–Trinajstić information content (AvgIpc) is 3.05. The number of aromatic nitrogens is 2. The SMILES string of the molecule is CC(NC(=O)C1CCCNC1)c1noc(Cc2ccccc2)n1.Cl. The van der Waals surface area contributed by atoms with Crippen LogP contribution in [0.3, 0.4) is 0 Å². The number of amides is 1. The van der Waals surface area contributed by atoms with Crippen molar-refractivity contribution in [3.05, 3.63) is 47.6 Å². The lowest BCUT2D eigenvalue weighted by atomic mass is 9.98. The number of nitrogens with one attached hydrogen (secondary N) is 2. The molecule has 1 aliphatic rings. The topological polar surface area (TPSA) is 80.0 Å². The van der Waals surface area contributed by atoms with Gasteiger partial charge in [0.15, 0.2) is 5.82 Å². The number of nitrogens with zero attached hydrogens (tertiary/aromatic N) is 2. The Morgan fingerprint density at radius 1 is 1.42 bits per heavy atom. The maximum absolute atomic E-state index is 12.2. The van der Waals surface area contributed by atoms with Crippen molar-refractivity contribution in [2.45, 2.75) is 32.2 Å². The van der Waals surface area contributed by atoms with Gasteiger partial charge in [-0.1, -0.05) is 35.5 Å². The van der Waals surface area contributed by atoms with E-state index in [9.17, 15) is 4.79 Å². The van der Waals surface area contributed by atoms with E-state index >= 15 is 0 Å². The molecule has 1 aromatic carbocycles. The Balaban J connectivity index is 0.00000208. The maximum atomic E-state index is 12.2. The molecule has 0 saturated carbocycles. The molecule has 1 saturated heterocycles. The average molecular weight is 351 g/mol. The summed E-state index contributed by atoms with van der Waals surface area (Å²) in [6, 6.07) is 9.72. The monoisotopic (exact) mass is 350 g/mol. The highest BCUT2D eigenvalue weighted by molar-refractivity contribution is 5.85. The predicted octanol–water partition coefficient (Wildman–Crippen LogP) is 2.26. The van der Waals surface area contributed by atoms with E-state index in [2.05, 4.69) is 20.8 Å². The number of rotatable bonds is 5. The van der Waals surface area contributed by atoms with Gasteiger partial charge in [0.2, 0.25) is 11.8 Å². The van der Waals surface area contributed by atoms with Crippen LogP contribution in [0.2, 0.25) is 0 Å². The van der Waals surface area contributed by atoms with Gasteiger partial charge in [-0.05, 0) is 31.9 Å². The molecule has 0 radical (unpaired) electrons. The molecule has 2 N–H and O–H groups in total. The molecule has 0 aliphatic carbocycles. The summed E-state index contributed by atoms with van der Waals surface area (Å²) in [5.74, 6) is 1.17. The van der Waals surface area contributed by atoms with Crippen molar-refractivity contribution in [2.24, 2.45) is 5.92 Å². The lowest BCUT2D eigenvalue weighted by Crippen LogP contribution is -2.41. The van der Waals surface area contributed by atoms with Gasteiger partial charge in [-0.2, -0.15) is 4.98 Å². The lowest BCUT2D eigenvalue weighted by Gasteiger charge is -2.23. The van der Waals surface area contributed by atoms with Crippen LogP contribution in [0.25, 0.3) is 0 Å². The standard InChI is InChI=1S/C17H22N4O2.ClH/c1-12(19-17(22)14-8-5-9-18-11-14)16-20-15(23-21-16)10-13-6-3-2-4-7-13;/h2-4,6-7,12,14,18H,5,8-11H2,1H3,(H,19,22);1H. The summed E-state index contributed by atoms with van der Waals surface area (Å²) in [5.41, 5.74) is 1.12. The molecule has 6 nitrogen and oxygen atoms in total. The number of piperidine rings is 1. The smallest absolute Gasteiger partial charge is 0.231 e. The zero-order chi connectivity index (χ0) is 16.1. The number of carbonyl (C=O) groups is 1. The highest BCUT2D eigenvalue weighted by Gasteiger charge is 2.24. The van der Waals surface area contributed by atoms with Crippen molar-refractivity contribution >= 4 is 18.3 Å². The van der Waals surface area contributed by atoms with Gasteiger partial charge in [0.05, 0.1) is 18.4 Å². The fraction of sp³-hybridized carbons (Fsp3) is 0.471. The molecule has 3 rings (SSSR count). The highest BCUT2D eigenvalue weighted by Crippen LogP contribution is 2.15. The molecule has 24 heavy (non-hydrogen) atoms. The third-order valence-corrected chi connectivity index (χ3v) is 4.10. The number of hydrogen-bond donors (Lipinski definition) is 2. The van der Waals surface area contributed by atoms with E-state index in [0.717, 1.165) is 31.5 Å². The van der Waals surface area contributed by atoms with Crippen LogP contribution in [0.5, 0.6) is 0 Å². The van der Waals surface area contributed by atoms with Crippen LogP contribution < -0.4 is 10.6 Å². The second kappa shape index (κ2) is 8.80. The van der Waals surface area contributed by atoms with E-state index in [0.29, 0.717) is 18.1 Å². The van der Waals surface area contributed by atoms with E-state index in [4.69, 9.17) is 4.52 Å². The summed E-state index contributed by atoms with van der Waals surface area (Å²) in [6.45, 7) is 3.61. The molecular weight excluding hydrogens is 328 g/mol. The van der Waals surface area contributed by atoms with Crippen LogP contribution in [0, 0.1) is 5.92 Å². The summed E-state index contributed by atoms with van der Waals surface area (Å²) < 4.78 is 5.29. The number of halogens is 1. The van der Waals surface area contributed by atoms with Crippen molar-refractivity contribution in [3.63, 3.8) is 0 Å². The summed E-state index contributed by atoms with van der Waals surface area (Å²) >= 11 is 0. The van der Waals surface area contributed by atoms with E-state index in [1.54, 1.807) is 0 Å². The fourth-order valence-electron chi connectivity index (χ4n) is 2.76. The van der Waals surface area contributed by atoms with Gasteiger partial charge in [0, 0.05) is 6.54 Å². The largest absolute Gasteiger partial charge is 0.346 e. The Labute approximate surface area is 147 Å². The molecule has 7 heteroatoms. The van der Waals surface area contributed by atoms with Crippen LogP contribution in [0.15, 0.2) is 34.9 Å². The molecule has 1 aromatic heterocycles. The number of hydrogen-bond acceptors (Lipinski definition) is 5. The Hall–Kier alpha value is -1.92. The normalized spacial score (nSPS) is 18.5. The maximum Gasteiger partial charge on any atom is 0.231 e. The van der Waals surface area contributed by atoms with Crippen LogP contribution in [-0.4, -0.2) is 29.1 Å². The molecule has 2 unspecified atom stereocenters. The first kappa shape index (κ1) is 18.4. The first-order valence-electron chi connectivity index (χ1n) is 8.10. The second-order valence-electron chi connectivity index (χ2n) is 5.98. The molecule has 0 bridgehead atoms. The molecule has 1 aliphatic heterocycles. The first-order valence-corrected chi connectivity index (χ1v) is 8.10. The molecule has 2 aromatic rings. The molecule has 2 heterocycles. The minimum Gasteiger partial charge on any atom is -0.346 e. The minimum atomic E-state index is -0.252. The van der Waals surface area contributed by atoms with Gasteiger partial charge in [-0.15, -0.1) is 12.4 Å². The molecule has 130 valence electrons. The van der Waals surface area contributed by atoms with E-state index in [-0.39, 0.29) is 30.3 Å². The van der Waals surface area contributed by atoms with Gasteiger partial charge in [0.25, 0.3) is 0 Å². The van der Waals surface area contributed by atoms with Crippen molar-refractivity contribution in [3.8, 4) is 0 Å². The molecule has 2 atom stereocenters. The van der Waals surface area contributed by atoms with Crippen molar-refractivity contribution in [2.75, 3.05) is 13.1 Å². The second-order valence-corrected chi connectivity index (χ2v) is 5.98. The first-order chi connectivity index (χ1) is 11.2. The van der Waals surface area contributed by atoms with Crippen LogP contribution in [0.1, 0.15) is 43.1 Å². The van der Waals surface area contributed by atoms with Crippen LogP contribution in [0.4, 0.5) is 0 Å². The Morgan fingerprint density at radius 3 is 2.92 bits per heavy atom. The third kappa shape index (κ3) is 4.79. The number of carbonyl (C=O) groups excluding carboxylic acids is 1. The van der Waals surface area contributed by atoms with E-state index in [1.807, 2.05) is 37.3 Å². The van der Waals surface area contributed by atoms with Crippen LogP contribution in [-0.2, 0) is 11.2 Å². The summed E-state index contributed by atoms with van der Waals surface area (Å²) in [5, 5.41) is 10.2. The zero-order valence-electron chi connectivity index (χ0n) is 13.7. The van der Waals surface area contributed by atoms with Gasteiger partial charge >= 0.3 is 0 Å². The zero-order valence-corrected chi connectivity index (χ0v) is 14.5. The summed E-state index contributed by atoms with van der Waals surface area (Å²) in [4.78, 5) is 16.6. The quantitative estimate of drug-likeness (QED) is 0.864. The fourth-order valence-corrected chi connectivity index (χ4v) is 2.76. The van der Waals surface area contributed by atoms with Gasteiger partial charge in [0.1, 0.15) is 0 Å². The van der Waals surface area contributed by atoms with Crippen molar-refractivity contribution in [1.29, 1.82) is 0 Å². The molecular formula is C17H23ClN4O2. The van der Waals surface area contributed by atoms with Gasteiger partial charge in [-0.3, -0.25) is 4.79 Å². The summed E-state index contributed by atoms with van der Waals surface area (Å²) in [6.07, 6.45) is 2.56. The Kier molecular flexibility index (Phi) is 6.75. The highest BCUT2D eigenvalue weighted by atomic mass is 35.5. The lowest BCUT2D eigenvalue weighted by molar-refractivity contribution is -0.126.